The first kappa shape index (κ1) is 21.7. The zero-order valence-corrected chi connectivity index (χ0v) is 19.3. The topological polar surface area (TPSA) is 88.4 Å². The van der Waals surface area contributed by atoms with E-state index in [1.54, 1.807) is 17.9 Å². The first-order chi connectivity index (χ1) is 14.6. The average Bonchev–Trinajstić information content (AvgIpc) is 3.01. The molecule has 4 heterocycles. The summed E-state index contributed by atoms with van der Waals surface area (Å²) in [6.45, 7) is 9.58. The standard InChI is InChI=1S/C21H30ClN7O2/c1-20(2,3)31-19(30)28-9-6-21(7-10-28)13-29(14-21)17-5-8-23-18(25-17)24-12-15-11-16(22)27(4)26-15/h5,8,11H,6-7,9-10,12-14H2,1-4H3,(H,23,24,25). The van der Waals surface area contributed by atoms with E-state index in [0.29, 0.717) is 17.6 Å². The van der Waals surface area contributed by atoms with E-state index < -0.39 is 5.60 Å². The molecule has 0 saturated carbocycles. The van der Waals surface area contributed by atoms with E-state index in [-0.39, 0.29) is 11.5 Å². The van der Waals surface area contributed by atoms with E-state index >= 15 is 0 Å². The minimum atomic E-state index is -0.457. The SMILES string of the molecule is Cn1nc(CNc2nccc(N3CC4(CCN(C(=O)OC(C)(C)C)CC4)C3)n2)cc1Cl. The smallest absolute Gasteiger partial charge is 0.410 e. The number of rotatable bonds is 4. The van der Waals surface area contributed by atoms with Crippen molar-refractivity contribution in [2.24, 2.45) is 12.5 Å². The summed E-state index contributed by atoms with van der Waals surface area (Å²) >= 11 is 6.04. The lowest BCUT2D eigenvalue weighted by Crippen LogP contribution is -2.61. The monoisotopic (exact) mass is 447 g/mol. The number of likely N-dealkylation sites (tertiary alicyclic amines) is 1. The van der Waals surface area contributed by atoms with Crippen molar-refractivity contribution in [1.29, 1.82) is 0 Å². The number of carbonyl (C=O) groups is 1. The Morgan fingerprint density at radius 2 is 2.00 bits per heavy atom. The maximum Gasteiger partial charge on any atom is 0.410 e. The second-order valence-corrected chi connectivity index (χ2v) is 9.88. The number of hydrogen-bond donors (Lipinski definition) is 1. The summed E-state index contributed by atoms with van der Waals surface area (Å²) in [6, 6.07) is 3.76. The molecule has 2 aliphatic rings. The van der Waals surface area contributed by atoms with Gasteiger partial charge in [-0.05, 0) is 39.7 Å². The van der Waals surface area contributed by atoms with Gasteiger partial charge >= 0.3 is 6.09 Å². The van der Waals surface area contributed by atoms with Crippen LogP contribution in [-0.2, 0) is 18.3 Å². The highest BCUT2D eigenvalue weighted by Gasteiger charge is 2.46. The van der Waals surface area contributed by atoms with Crippen molar-refractivity contribution in [2.75, 3.05) is 36.4 Å². The Labute approximate surface area is 187 Å². The van der Waals surface area contributed by atoms with Gasteiger partial charge < -0.3 is 19.9 Å². The third kappa shape index (κ3) is 5.03. The molecular weight excluding hydrogens is 418 g/mol. The van der Waals surface area contributed by atoms with Crippen LogP contribution in [0, 0.1) is 5.41 Å². The molecule has 0 unspecified atom stereocenters. The molecule has 1 N–H and O–H groups in total. The van der Waals surface area contributed by atoms with Gasteiger partial charge in [-0.1, -0.05) is 11.6 Å². The van der Waals surface area contributed by atoms with Gasteiger partial charge in [0.05, 0.1) is 12.2 Å². The number of ether oxygens (including phenoxy) is 1. The number of anilines is 2. The summed E-state index contributed by atoms with van der Waals surface area (Å²) in [5.41, 5.74) is 0.629. The fourth-order valence-electron chi connectivity index (χ4n) is 4.10. The van der Waals surface area contributed by atoms with Crippen LogP contribution in [0.1, 0.15) is 39.3 Å². The third-order valence-corrected chi connectivity index (χ3v) is 6.15. The van der Waals surface area contributed by atoms with Gasteiger partial charge in [0.25, 0.3) is 0 Å². The Morgan fingerprint density at radius 3 is 2.61 bits per heavy atom. The van der Waals surface area contributed by atoms with Crippen LogP contribution in [0.3, 0.4) is 0 Å². The van der Waals surface area contributed by atoms with Crippen LogP contribution in [0.4, 0.5) is 16.6 Å². The summed E-state index contributed by atoms with van der Waals surface area (Å²) in [7, 11) is 1.81. The molecule has 0 radical (unpaired) electrons. The van der Waals surface area contributed by atoms with Crippen molar-refractivity contribution in [3.8, 4) is 0 Å². The average molecular weight is 448 g/mol. The van der Waals surface area contributed by atoms with Gasteiger partial charge in [0.15, 0.2) is 0 Å². The third-order valence-electron chi connectivity index (χ3n) is 5.79. The molecule has 10 heteroatoms. The van der Waals surface area contributed by atoms with Gasteiger partial charge in [-0.2, -0.15) is 10.1 Å². The fraction of sp³-hybridized carbons (Fsp3) is 0.619. The number of amides is 1. The molecule has 31 heavy (non-hydrogen) atoms. The molecular formula is C21H30ClN7O2. The highest BCUT2D eigenvalue weighted by Crippen LogP contribution is 2.42. The maximum atomic E-state index is 12.3. The van der Waals surface area contributed by atoms with Gasteiger partial charge in [-0.15, -0.1) is 0 Å². The quantitative estimate of drug-likeness (QED) is 0.769. The van der Waals surface area contributed by atoms with E-state index in [1.165, 1.54) is 0 Å². The number of carbonyl (C=O) groups excluding carboxylic acids is 1. The van der Waals surface area contributed by atoms with E-state index in [9.17, 15) is 4.79 Å². The second kappa shape index (κ2) is 8.18. The summed E-state index contributed by atoms with van der Waals surface area (Å²) < 4.78 is 7.13. The van der Waals surface area contributed by atoms with E-state index in [1.807, 2.05) is 37.8 Å². The van der Waals surface area contributed by atoms with Crippen molar-refractivity contribution in [3.63, 3.8) is 0 Å². The lowest BCUT2D eigenvalue weighted by atomic mass is 9.72. The molecule has 168 valence electrons. The van der Waals surface area contributed by atoms with Crippen LogP contribution >= 0.6 is 11.6 Å². The lowest BCUT2D eigenvalue weighted by molar-refractivity contribution is 0.00589. The van der Waals surface area contributed by atoms with Crippen molar-refractivity contribution in [2.45, 2.75) is 45.8 Å². The minimum absolute atomic E-state index is 0.209. The molecule has 2 saturated heterocycles. The molecule has 2 aromatic heterocycles. The Balaban J connectivity index is 1.28. The minimum Gasteiger partial charge on any atom is -0.444 e. The predicted octanol–water partition coefficient (Wildman–Crippen LogP) is 3.31. The second-order valence-electron chi connectivity index (χ2n) is 9.50. The molecule has 1 spiro atoms. The number of aryl methyl sites for hydroxylation is 1. The Morgan fingerprint density at radius 1 is 1.29 bits per heavy atom. The molecule has 0 bridgehead atoms. The Bertz CT molecular complexity index is 920. The summed E-state index contributed by atoms with van der Waals surface area (Å²) in [5, 5.41) is 8.13. The molecule has 4 rings (SSSR count). The van der Waals surface area contributed by atoms with Crippen molar-refractivity contribution in [3.05, 3.63) is 29.2 Å². The Hall–Kier alpha value is -2.55. The van der Waals surface area contributed by atoms with Crippen molar-refractivity contribution in [1.82, 2.24) is 24.6 Å². The summed E-state index contributed by atoms with van der Waals surface area (Å²) in [5.74, 6) is 1.48. The zero-order chi connectivity index (χ0) is 22.2. The highest BCUT2D eigenvalue weighted by atomic mass is 35.5. The number of nitrogens with one attached hydrogen (secondary N) is 1. The predicted molar refractivity (Wildman–Crippen MR) is 119 cm³/mol. The number of nitrogens with zero attached hydrogens (tertiary/aromatic N) is 6. The summed E-state index contributed by atoms with van der Waals surface area (Å²) in [6.07, 6.45) is 3.53. The molecule has 1 amide bonds. The van der Waals surface area contributed by atoms with Crippen LogP contribution in [-0.4, -0.2) is 62.5 Å². The summed E-state index contributed by atoms with van der Waals surface area (Å²) in [4.78, 5) is 25.4. The van der Waals surface area contributed by atoms with E-state index in [0.717, 1.165) is 50.5 Å². The van der Waals surface area contributed by atoms with Crippen molar-refractivity contribution < 1.29 is 9.53 Å². The van der Waals surface area contributed by atoms with Gasteiger partial charge in [0.1, 0.15) is 16.6 Å². The fourth-order valence-corrected chi connectivity index (χ4v) is 4.26. The maximum absolute atomic E-state index is 12.3. The molecule has 2 aromatic rings. The molecule has 0 atom stereocenters. The molecule has 2 fully saturated rings. The van der Waals surface area contributed by atoms with Gasteiger partial charge in [0, 0.05) is 50.9 Å². The molecule has 2 aliphatic heterocycles. The number of piperidine rings is 1. The molecule has 0 aliphatic carbocycles. The zero-order valence-electron chi connectivity index (χ0n) is 18.6. The van der Waals surface area contributed by atoms with Crippen LogP contribution in [0.2, 0.25) is 5.15 Å². The van der Waals surface area contributed by atoms with E-state index in [4.69, 9.17) is 16.3 Å². The molecule has 9 nitrogen and oxygen atoms in total. The van der Waals surface area contributed by atoms with Gasteiger partial charge in [0.2, 0.25) is 5.95 Å². The van der Waals surface area contributed by atoms with Crippen LogP contribution in [0.25, 0.3) is 0 Å². The van der Waals surface area contributed by atoms with Crippen LogP contribution in [0.5, 0.6) is 0 Å². The van der Waals surface area contributed by atoms with Gasteiger partial charge in [-0.3, -0.25) is 4.68 Å². The van der Waals surface area contributed by atoms with Gasteiger partial charge in [-0.25, -0.2) is 9.78 Å². The lowest BCUT2D eigenvalue weighted by Gasteiger charge is -2.54. The van der Waals surface area contributed by atoms with Crippen LogP contribution < -0.4 is 10.2 Å². The Kier molecular flexibility index (Phi) is 5.72. The number of aromatic nitrogens is 4. The van der Waals surface area contributed by atoms with E-state index in [2.05, 4.69) is 25.3 Å². The normalized spacial score (nSPS) is 18.1. The van der Waals surface area contributed by atoms with Crippen molar-refractivity contribution >= 4 is 29.5 Å². The first-order valence-electron chi connectivity index (χ1n) is 10.6. The largest absolute Gasteiger partial charge is 0.444 e. The molecule has 0 aromatic carbocycles. The number of hydrogen-bond acceptors (Lipinski definition) is 7. The first-order valence-corrected chi connectivity index (χ1v) is 11.0. The number of halogens is 1. The highest BCUT2D eigenvalue weighted by molar-refractivity contribution is 6.29. The van der Waals surface area contributed by atoms with Crippen LogP contribution in [0.15, 0.2) is 18.3 Å².